The predicted molar refractivity (Wildman–Crippen MR) is 63.1 cm³/mol. The van der Waals surface area contributed by atoms with E-state index < -0.39 is 0 Å². The minimum Gasteiger partial charge on any atom is -0.341 e. The highest BCUT2D eigenvalue weighted by molar-refractivity contribution is 5.84. The lowest BCUT2D eigenvalue weighted by Crippen LogP contribution is -2.39. The van der Waals surface area contributed by atoms with Crippen molar-refractivity contribution >= 4 is 5.91 Å². The number of hydrogen-bond acceptors (Lipinski definition) is 2. The van der Waals surface area contributed by atoms with E-state index in [1.807, 2.05) is 0 Å². The van der Waals surface area contributed by atoms with Crippen LogP contribution in [0.2, 0.25) is 0 Å². The largest absolute Gasteiger partial charge is 0.341 e. The minimum atomic E-state index is 0.147. The molecule has 3 aliphatic rings. The molecule has 0 aromatic heterocycles. The molecule has 1 N–H and O–H groups in total. The zero-order valence-electron chi connectivity index (χ0n) is 9.95. The Morgan fingerprint density at radius 1 is 1.19 bits per heavy atom. The van der Waals surface area contributed by atoms with E-state index >= 15 is 0 Å². The third-order valence-electron chi connectivity index (χ3n) is 4.05. The van der Waals surface area contributed by atoms with E-state index in [1.165, 1.54) is 38.5 Å². The molecule has 1 aliphatic heterocycles. The molecule has 3 nitrogen and oxygen atoms in total. The number of nitrogens with one attached hydrogen (secondary N) is 1. The molecule has 0 bridgehead atoms. The van der Waals surface area contributed by atoms with Crippen LogP contribution in [0.1, 0.15) is 44.9 Å². The fourth-order valence-corrected chi connectivity index (χ4v) is 2.63. The number of nitrogens with zero attached hydrogens (tertiary/aromatic N) is 1. The van der Waals surface area contributed by atoms with Crippen molar-refractivity contribution < 1.29 is 4.79 Å². The van der Waals surface area contributed by atoms with Crippen molar-refractivity contribution in [1.29, 1.82) is 0 Å². The van der Waals surface area contributed by atoms with Crippen LogP contribution in [-0.2, 0) is 4.79 Å². The highest BCUT2D eigenvalue weighted by atomic mass is 16.2. The Kier molecular flexibility index (Phi) is 2.88. The Hall–Kier alpha value is -0.570. The van der Waals surface area contributed by atoms with Crippen molar-refractivity contribution in [3.8, 4) is 0 Å². The molecule has 90 valence electrons. The van der Waals surface area contributed by atoms with Gasteiger partial charge < -0.3 is 10.2 Å². The molecule has 3 fully saturated rings. The Morgan fingerprint density at radius 3 is 2.69 bits per heavy atom. The van der Waals surface area contributed by atoms with Gasteiger partial charge in [-0.1, -0.05) is 12.8 Å². The second-order valence-corrected chi connectivity index (χ2v) is 5.69. The lowest BCUT2D eigenvalue weighted by molar-refractivity contribution is -0.129. The second-order valence-electron chi connectivity index (χ2n) is 5.69. The van der Waals surface area contributed by atoms with Crippen molar-refractivity contribution in [2.24, 2.45) is 5.92 Å². The molecule has 2 aliphatic carbocycles. The average Bonchev–Trinajstić information content (AvgIpc) is 3.14. The van der Waals surface area contributed by atoms with Crippen LogP contribution in [-0.4, -0.2) is 36.0 Å². The highest BCUT2D eigenvalue weighted by Gasteiger charge is 2.35. The first-order valence-corrected chi connectivity index (χ1v) is 6.88. The third kappa shape index (κ3) is 2.57. The number of carbonyl (C=O) groups excluding carboxylic acids is 1. The van der Waals surface area contributed by atoms with Crippen LogP contribution in [0.5, 0.6) is 0 Å². The van der Waals surface area contributed by atoms with Crippen molar-refractivity contribution in [2.45, 2.75) is 57.0 Å². The summed E-state index contributed by atoms with van der Waals surface area (Å²) in [5.74, 6) is 1.36. The van der Waals surface area contributed by atoms with Gasteiger partial charge in [-0.05, 0) is 38.0 Å². The van der Waals surface area contributed by atoms with Crippen LogP contribution in [0, 0.1) is 5.92 Å². The summed E-state index contributed by atoms with van der Waals surface area (Å²) >= 11 is 0. The van der Waals surface area contributed by atoms with Crippen molar-refractivity contribution in [3.05, 3.63) is 0 Å². The maximum absolute atomic E-state index is 12.0. The van der Waals surface area contributed by atoms with E-state index in [4.69, 9.17) is 0 Å². The van der Waals surface area contributed by atoms with Crippen LogP contribution < -0.4 is 5.32 Å². The Bertz CT molecular complexity index is 271. The molecule has 0 spiro atoms. The molecule has 1 amide bonds. The summed E-state index contributed by atoms with van der Waals surface area (Å²) in [5, 5.41) is 3.45. The molecule has 1 saturated heterocycles. The summed E-state index contributed by atoms with van der Waals surface area (Å²) in [6, 6.07) is 0.800. The minimum absolute atomic E-state index is 0.147. The van der Waals surface area contributed by atoms with Crippen LogP contribution in [0.15, 0.2) is 0 Å². The number of hydrogen-bond donors (Lipinski definition) is 1. The molecular formula is C13H22N2O. The van der Waals surface area contributed by atoms with Gasteiger partial charge in [0.25, 0.3) is 0 Å². The maximum Gasteiger partial charge on any atom is 0.239 e. The Balaban J connectivity index is 1.39. The molecule has 0 aromatic rings. The first kappa shape index (κ1) is 10.6. The van der Waals surface area contributed by atoms with Gasteiger partial charge in [0, 0.05) is 19.1 Å². The smallest absolute Gasteiger partial charge is 0.239 e. The quantitative estimate of drug-likeness (QED) is 0.739. The van der Waals surface area contributed by atoms with Gasteiger partial charge in [-0.25, -0.2) is 0 Å². The molecular weight excluding hydrogens is 200 g/mol. The monoisotopic (exact) mass is 222 g/mol. The number of amides is 1. The Labute approximate surface area is 97.6 Å². The number of rotatable bonds is 6. The molecule has 1 unspecified atom stereocenters. The topological polar surface area (TPSA) is 32.3 Å². The van der Waals surface area contributed by atoms with Gasteiger partial charge in [0.1, 0.15) is 0 Å². The molecule has 0 radical (unpaired) electrons. The van der Waals surface area contributed by atoms with Crippen LogP contribution >= 0.6 is 0 Å². The first-order valence-electron chi connectivity index (χ1n) is 6.88. The average molecular weight is 222 g/mol. The van der Waals surface area contributed by atoms with Gasteiger partial charge in [-0.3, -0.25) is 4.79 Å². The van der Waals surface area contributed by atoms with Crippen LogP contribution in [0.3, 0.4) is 0 Å². The lowest BCUT2D eigenvalue weighted by Gasteiger charge is -2.16. The molecule has 2 saturated carbocycles. The lowest BCUT2D eigenvalue weighted by atomic mass is 10.2. The molecule has 1 heterocycles. The number of carbonyl (C=O) groups is 1. The van der Waals surface area contributed by atoms with Crippen molar-refractivity contribution in [3.63, 3.8) is 0 Å². The predicted octanol–water partition coefficient (Wildman–Crippen LogP) is 1.53. The summed E-state index contributed by atoms with van der Waals surface area (Å²) in [6.07, 6.45) is 8.98. The van der Waals surface area contributed by atoms with Gasteiger partial charge in [-0.15, -0.1) is 0 Å². The third-order valence-corrected chi connectivity index (χ3v) is 4.05. The number of likely N-dealkylation sites (tertiary alicyclic amines) is 1. The van der Waals surface area contributed by atoms with Crippen LogP contribution in [0.25, 0.3) is 0 Å². The van der Waals surface area contributed by atoms with Gasteiger partial charge in [0.15, 0.2) is 0 Å². The molecule has 16 heavy (non-hydrogen) atoms. The first-order chi connectivity index (χ1) is 7.83. The summed E-state index contributed by atoms with van der Waals surface area (Å²) in [6.45, 7) is 1.98. The van der Waals surface area contributed by atoms with Crippen molar-refractivity contribution in [2.75, 3.05) is 13.1 Å². The fourth-order valence-electron chi connectivity index (χ4n) is 2.63. The van der Waals surface area contributed by atoms with Gasteiger partial charge in [0.05, 0.1) is 6.04 Å². The highest BCUT2D eigenvalue weighted by Crippen LogP contribution is 2.33. The zero-order chi connectivity index (χ0) is 11.0. The second kappa shape index (κ2) is 4.36. The summed E-state index contributed by atoms with van der Waals surface area (Å²) in [5.41, 5.74) is 0. The summed E-state index contributed by atoms with van der Waals surface area (Å²) < 4.78 is 0. The van der Waals surface area contributed by atoms with Gasteiger partial charge in [-0.2, -0.15) is 0 Å². The van der Waals surface area contributed by atoms with E-state index in [1.54, 1.807) is 0 Å². The van der Waals surface area contributed by atoms with Gasteiger partial charge in [0.2, 0.25) is 5.91 Å². The van der Waals surface area contributed by atoms with E-state index in [2.05, 4.69) is 10.2 Å². The standard InChI is InChI=1S/C13H22N2O/c16-13-12(14-11-5-6-11)7-9-15(13)8-1-2-10-3-4-10/h10-12,14H,1-9H2. The molecule has 3 heteroatoms. The molecule has 3 rings (SSSR count). The van der Waals surface area contributed by atoms with Gasteiger partial charge >= 0.3 is 0 Å². The fraction of sp³-hybridized carbons (Fsp3) is 0.923. The SMILES string of the molecule is O=C1C(NC2CC2)CCN1CCCC1CC1. The maximum atomic E-state index is 12.0. The van der Waals surface area contributed by atoms with E-state index in [-0.39, 0.29) is 6.04 Å². The summed E-state index contributed by atoms with van der Waals surface area (Å²) in [7, 11) is 0. The van der Waals surface area contributed by atoms with Crippen LogP contribution in [0.4, 0.5) is 0 Å². The van der Waals surface area contributed by atoms with Crippen molar-refractivity contribution in [1.82, 2.24) is 10.2 Å². The Morgan fingerprint density at radius 2 is 2.00 bits per heavy atom. The molecule has 1 atom stereocenters. The normalized spacial score (nSPS) is 30.1. The van der Waals surface area contributed by atoms with E-state index in [0.717, 1.165) is 25.4 Å². The molecule has 0 aromatic carbocycles. The summed E-state index contributed by atoms with van der Waals surface area (Å²) in [4.78, 5) is 14.1. The van der Waals surface area contributed by atoms with E-state index in [0.29, 0.717) is 11.9 Å². The zero-order valence-corrected chi connectivity index (χ0v) is 9.95. The van der Waals surface area contributed by atoms with E-state index in [9.17, 15) is 4.79 Å².